The van der Waals surface area contributed by atoms with E-state index in [0.29, 0.717) is 27.5 Å². The molecule has 216 valence electrons. The molecule has 0 amide bonds. The molecule has 10 heteroatoms. The lowest BCUT2D eigenvalue weighted by Gasteiger charge is -2.08. The zero-order valence-corrected chi connectivity index (χ0v) is 25.2. The highest BCUT2D eigenvalue weighted by molar-refractivity contribution is 7.84. The van der Waals surface area contributed by atoms with Crippen molar-refractivity contribution in [1.82, 2.24) is 19.9 Å². The van der Waals surface area contributed by atoms with Gasteiger partial charge in [-0.15, -0.1) is 0 Å². The number of para-hydroxylation sites is 5. The molecule has 2 aromatic heterocycles. The fourth-order valence-corrected chi connectivity index (χ4v) is 6.79. The molecule has 6 aromatic rings. The molecule has 0 bridgehead atoms. The van der Waals surface area contributed by atoms with E-state index in [2.05, 4.69) is 33.8 Å². The average molecular weight is 599 g/mol. The molecule has 0 aliphatic rings. The molecular formula is C32H34N6O2S2. The highest BCUT2D eigenvalue weighted by Crippen LogP contribution is 2.23. The monoisotopic (exact) mass is 598 g/mol. The van der Waals surface area contributed by atoms with Crippen LogP contribution in [0.1, 0.15) is 36.1 Å². The van der Waals surface area contributed by atoms with Crippen LogP contribution in [0.25, 0.3) is 22.1 Å². The van der Waals surface area contributed by atoms with Gasteiger partial charge in [0, 0.05) is 11.4 Å². The maximum Gasteiger partial charge on any atom is 0.197 e. The first kappa shape index (κ1) is 29.2. The number of hydrogen-bond acceptors (Lipinski definition) is 6. The largest absolute Gasteiger partial charge is 0.398 e. The summed E-state index contributed by atoms with van der Waals surface area (Å²) in [6, 6.07) is 27.1. The van der Waals surface area contributed by atoms with Crippen LogP contribution in [-0.4, -0.2) is 28.4 Å². The van der Waals surface area contributed by atoms with E-state index in [-0.39, 0.29) is 0 Å². The maximum atomic E-state index is 12.5. The van der Waals surface area contributed by atoms with E-state index in [1.807, 2.05) is 84.9 Å². The van der Waals surface area contributed by atoms with Crippen LogP contribution in [0.3, 0.4) is 0 Å². The quantitative estimate of drug-likeness (QED) is 0.158. The molecule has 0 aliphatic carbocycles. The summed E-state index contributed by atoms with van der Waals surface area (Å²) < 4.78 is 25.0. The predicted molar refractivity (Wildman–Crippen MR) is 173 cm³/mol. The Labute approximate surface area is 249 Å². The number of nitrogens with zero attached hydrogens (tertiary/aromatic N) is 2. The minimum Gasteiger partial charge on any atom is -0.398 e. The lowest BCUT2D eigenvalue weighted by molar-refractivity contribution is 0.676. The minimum atomic E-state index is -1.23. The van der Waals surface area contributed by atoms with Gasteiger partial charge in [-0.1, -0.05) is 68.4 Å². The number of rotatable bonds is 8. The molecule has 6 rings (SSSR count). The first-order chi connectivity index (χ1) is 20.4. The molecule has 0 saturated heterocycles. The van der Waals surface area contributed by atoms with Crippen LogP contribution >= 0.6 is 0 Å². The van der Waals surface area contributed by atoms with E-state index in [0.717, 1.165) is 57.3 Å². The first-order valence-electron chi connectivity index (χ1n) is 13.8. The van der Waals surface area contributed by atoms with Gasteiger partial charge in [-0.05, 0) is 65.4 Å². The fraction of sp³-hybridized carbons (Fsp3) is 0.188. The third-order valence-electron chi connectivity index (χ3n) is 7.02. The zero-order chi connectivity index (χ0) is 29.6. The Morgan fingerprint density at radius 1 is 0.643 bits per heavy atom. The number of nitrogens with two attached hydrogens (primary N) is 2. The Hall–Kier alpha value is -4.28. The van der Waals surface area contributed by atoms with Crippen molar-refractivity contribution in [3.05, 3.63) is 107 Å². The van der Waals surface area contributed by atoms with Crippen molar-refractivity contribution in [2.24, 2.45) is 0 Å². The average Bonchev–Trinajstić information content (AvgIpc) is 3.65. The summed E-state index contributed by atoms with van der Waals surface area (Å²) in [7, 11) is -2.47. The SMILES string of the molecule is CCc1ccc(N)c(CS(=O)c2nc3ccccc3[nH]2)c1.CCc1cccc(CS(=O)c2nc3ccccc3[nH]2)c1N. The zero-order valence-electron chi connectivity index (χ0n) is 23.6. The summed E-state index contributed by atoms with van der Waals surface area (Å²) in [5.41, 5.74) is 21.1. The molecule has 2 heterocycles. The van der Waals surface area contributed by atoms with Crippen LogP contribution in [0.2, 0.25) is 0 Å². The predicted octanol–water partition coefficient (Wildman–Crippen LogP) is 6.03. The summed E-state index contributed by atoms with van der Waals surface area (Å²) >= 11 is 0. The molecule has 0 fully saturated rings. The summed E-state index contributed by atoms with van der Waals surface area (Å²) in [5.74, 6) is 0.749. The molecular weight excluding hydrogens is 565 g/mol. The molecule has 0 spiro atoms. The number of H-pyrrole nitrogens is 2. The van der Waals surface area contributed by atoms with E-state index in [9.17, 15) is 8.42 Å². The van der Waals surface area contributed by atoms with E-state index in [1.165, 1.54) is 5.56 Å². The second-order valence-electron chi connectivity index (χ2n) is 9.83. The van der Waals surface area contributed by atoms with E-state index in [1.54, 1.807) is 0 Å². The van der Waals surface area contributed by atoms with E-state index >= 15 is 0 Å². The van der Waals surface area contributed by atoms with Crippen molar-refractivity contribution in [2.75, 3.05) is 11.5 Å². The highest BCUT2D eigenvalue weighted by atomic mass is 32.2. The van der Waals surface area contributed by atoms with Gasteiger partial charge >= 0.3 is 0 Å². The van der Waals surface area contributed by atoms with Gasteiger partial charge in [-0.25, -0.2) is 9.97 Å². The summed E-state index contributed by atoms with van der Waals surface area (Å²) in [6.07, 6.45) is 1.81. The highest BCUT2D eigenvalue weighted by Gasteiger charge is 2.14. The number of aromatic amines is 2. The molecule has 4 aromatic carbocycles. The van der Waals surface area contributed by atoms with Crippen molar-refractivity contribution >= 4 is 55.0 Å². The molecule has 2 atom stereocenters. The summed E-state index contributed by atoms with van der Waals surface area (Å²) in [4.78, 5) is 15.0. The molecule has 8 nitrogen and oxygen atoms in total. The van der Waals surface area contributed by atoms with Gasteiger partial charge in [0.1, 0.15) is 0 Å². The van der Waals surface area contributed by atoms with Gasteiger partial charge in [0.15, 0.2) is 10.3 Å². The number of nitrogens with one attached hydrogen (secondary N) is 2. The van der Waals surface area contributed by atoms with Crippen molar-refractivity contribution in [1.29, 1.82) is 0 Å². The van der Waals surface area contributed by atoms with Crippen LogP contribution in [0.15, 0.2) is 95.2 Å². The van der Waals surface area contributed by atoms with Gasteiger partial charge in [0.25, 0.3) is 0 Å². The van der Waals surface area contributed by atoms with Crippen LogP contribution in [0.5, 0.6) is 0 Å². The van der Waals surface area contributed by atoms with Crippen molar-refractivity contribution in [2.45, 2.75) is 48.5 Å². The second-order valence-corrected chi connectivity index (χ2v) is 12.6. The van der Waals surface area contributed by atoms with E-state index < -0.39 is 21.6 Å². The summed E-state index contributed by atoms with van der Waals surface area (Å²) in [5, 5.41) is 0.995. The summed E-state index contributed by atoms with van der Waals surface area (Å²) in [6.45, 7) is 4.15. The smallest absolute Gasteiger partial charge is 0.197 e. The van der Waals surface area contributed by atoms with Gasteiger partial charge in [-0.2, -0.15) is 0 Å². The van der Waals surface area contributed by atoms with Gasteiger partial charge in [0.05, 0.1) is 55.2 Å². The van der Waals surface area contributed by atoms with Crippen LogP contribution in [0, 0.1) is 0 Å². The number of fused-ring (bicyclic) bond motifs is 2. The van der Waals surface area contributed by atoms with Crippen LogP contribution < -0.4 is 11.5 Å². The number of hydrogen-bond donors (Lipinski definition) is 4. The van der Waals surface area contributed by atoms with Crippen LogP contribution in [0.4, 0.5) is 11.4 Å². The van der Waals surface area contributed by atoms with Crippen LogP contribution in [-0.2, 0) is 45.9 Å². The van der Waals surface area contributed by atoms with Crippen molar-refractivity contribution in [3.63, 3.8) is 0 Å². The van der Waals surface area contributed by atoms with Crippen molar-refractivity contribution in [3.8, 4) is 0 Å². The van der Waals surface area contributed by atoms with E-state index in [4.69, 9.17) is 11.5 Å². The fourth-order valence-electron chi connectivity index (χ4n) is 4.60. The topological polar surface area (TPSA) is 144 Å². The maximum absolute atomic E-state index is 12.5. The second kappa shape index (κ2) is 13.1. The van der Waals surface area contributed by atoms with Crippen molar-refractivity contribution < 1.29 is 8.42 Å². The lowest BCUT2D eigenvalue weighted by atomic mass is 10.1. The molecule has 0 saturated carbocycles. The Bertz CT molecular complexity index is 1740. The standard InChI is InChI=1S/2C16H17N3OS/c1-2-11-6-5-7-12(15(11)17)10-21(20)16-18-13-8-3-4-9-14(13)19-16;1-2-11-7-8-13(17)12(9-11)10-21(20)16-18-14-5-3-4-6-15(14)19-16/h2*3-9H,2,10,17H2,1H3,(H,18,19). The Morgan fingerprint density at radius 3 is 1.74 bits per heavy atom. The van der Waals surface area contributed by atoms with Gasteiger partial charge in [-0.3, -0.25) is 8.42 Å². The number of anilines is 2. The molecule has 0 aliphatic heterocycles. The number of nitrogen functional groups attached to an aromatic ring is 2. The minimum absolute atomic E-state index is 0.374. The lowest BCUT2D eigenvalue weighted by Crippen LogP contribution is -2.04. The third kappa shape index (κ3) is 6.61. The number of aromatic nitrogens is 4. The molecule has 2 unspecified atom stereocenters. The third-order valence-corrected chi connectivity index (χ3v) is 9.42. The number of aryl methyl sites for hydroxylation is 2. The molecule has 42 heavy (non-hydrogen) atoms. The van der Waals surface area contributed by atoms with Gasteiger partial charge < -0.3 is 21.4 Å². The molecule has 6 N–H and O–H groups in total. The Balaban J connectivity index is 0.000000168. The molecule has 0 radical (unpaired) electrons. The van der Waals surface area contributed by atoms with Gasteiger partial charge in [0.2, 0.25) is 0 Å². The first-order valence-corrected chi connectivity index (χ1v) is 16.4. The Morgan fingerprint density at radius 2 is 1.19 bits per heavy atom. The normalized spacial score (nSPS) is 12.6. The Kier molecular flexibility index (Phi) is 9.14. The number of benzene rings is 4. The number of imidazole rings is 2.